The number of benzene rings is 2. The summed E-state index contributed by atoms with van der Waals surface area (Å²) in [5.74, 6) is 0.546. The summed E-state index contributed by atoms with van der Waals surface area (Å²) in [4.78, 5) is 29.0. The van der Waals surface area contributed by atoms with Crippen LogP contribution < -0.4 is 15.0 Å². The molecule has 1 aliphatic heterocycles. The maximum atomic E-state index is 12.7. The van der Waals surface area contributed by atoms with Gasteiger partial charge in [-0.25, -0.2) is 0 Å². The Morgan fingerprint density at radius 2 is 1.81 bits per heavy atom. The van der Waals surface area contributed by atoms with Crippen LogP contribution in [0.2, 0.25) is 5.02 Å². The lowest BCUT2D eigenvalue weighted by atomic mass is 10.1. The maximum absolute atomic E-state index is 12.7. The zero-order chi connectivity index (χ0) is 23.4. The molecule has 0 saturated carbocycles. The van der Waals surface area contributed by atoms with Crippen molar-refractivity contribution in [2.45, 2.75) is 27.7 Å². The molecule has 0 radical (unpaired) electrons. The van der Waals surface area contributed by atoms with E-state index >= 15 is 0 Å². The molecule has 1 heterocycles. The van der Waals surface area contributed by atoms with Gasteiger partial charge >= 0.3 is 0 Å². The molecule has 1 fully saturated rings. The van der Waals surface area contributed by atoms with Gasteiger partial charge in [0.1, 0.15) is 5.75 Å². The third kappa shape index (κ3) is 5.95. The number of nitrogens with one attached hydrogen (secondary N) is 1. The fourth-order valence-corrected chi connectivity index (χ4v) is 4.79. The average Bonchev–Trinajstić information content (AvgIpc) is 2.72. The number of amides is 2. The Labute approximate surface area is 203 Å². The molecule has 2 aromatic carbocycles. The summed E-state index contributed by atoms with van der Waals surface area (Å²) in [7, 11) is 0. The Morgan fingerprint density at radius 3 is 2.44 bits per heavy atom. The van der Waals surface area contributed by atoms with E-state index in [-0.39, 0.29) is 24.3 Å². The van der Waals surface area contributed by atoms with Gasteiger partial charge in [-0.05, 0) is 65.2 Å². The predicted octanol–water partition coefficient (Wildman–Crippen LogP) is 5.04. The van der Waals surface area contributed by atoms with E-state index < -0.39 is 0 Å². The van der Waals surface area contributed by atoms with Crippen LogP contribution in [-0.4, -0.2) is 49.5 Å². The number of rotatable bonds is 6. The van der Waals surface area contributed by atoms with Crippen molar-refractivity contribution >= 4 is 50.7 Å². The Hall–Kier alpha value is -2.25. The molecule has 0 bridgehead atoms. The highest BCUT2D eigenvalue weighted by atomic mass is 79.9. The molecule has 1 saturated heterocycles. The summed E-state index contributed by atoms with van der Waals surface area (Å²) in [6, 6.07) is 9.42. The SMILES string of the molecule is Cc1cc(C)c(OCC(=O)Nc2cc(Cl)ccc2N2CCN(C(=O)C(C)C)CC2)c(Br)c1. The normalized spacial score (nSPS) is 14.0. The van der Waals surface area contributed by atoms with E-state index in [9.17, 15) is 9.59 Å². The van der Waals surface area contributed by atoms with Gasteiger partial charge in [0, 0.05) is 37.1 Å². The van der Waals surface area contributed by atoms with Gasteiger partial charge in [-0.3, -0.25) is 9.59 Å². The number of anilines is 2. The smallest absolute Gasteiger partial charge is 0.262 e. The first kappa shape index (κ1) is 24.4. The van der Waals surface area contributed by atoms with Crippen molar-refractivity contribution in [3.8, 4) is 5.75 Å². The van der Waals surface area contributed by atoms with Crippen molar-refractivity contribution in [1.82, 2.24) is 4.90 Å². The molecule has 0 aliphatic carbocycles. The zero-order valence-electron chi connectivity index (χ0n) is 18.9. The van der Waals surface area contributed by atoms with Crippen molar-refractivity contribution in [1.29, 1.82) is 0 Å². The summed E-state index contributed by atoms with van der Waals surface area (Å²) in [6.07, 6.45) is 0. The van der Waals surface area contributed by atoms with E-state index in [0.29, 0.717) is 42.6 Å². The second kappa shape index (κ2) is 10.6. The largest absolute Gasteiger partial charge is 0.482 e. The molecule has 8 heteroatoms. The Bertz CT molecular complexity index is 981. The second-order valence-electron chi connectivity index (χ2n) is 8.36. The Kier molecular flexibility index (Phi) is 8.06. The molecule has 2 aromatic rings. The molecule has 172 valence electrons. The number of carbonyl (C=O) groups excluding carboxylic acids is 2. The number of hydrogen-bond donors (Lipinski definition) is 1. The van der Waals surface area contributed by atoms with Gasteiger partial charge in [-0.1, -0.05) is 31.5 Å². The lowest BCUT2D eigenvalue weighted by molar-refractivity contribution is -0.134. The van der Waals surface area contributed by atoms with Gasteiger partial charge in [-0.15, -0.1) is 0 Å². The number of piperazine rings is 1. The summed E-state index contributed by atoms with van der Waals surface area (Å²) in [5.41, 5.74) is 3.59. The first-order valence-corrected chi connectivity index (χ1v) is 11.9. The number of aryl methyl sites for hydroxylation is 2. The van der Waals surface area contributed by atoms with Crippen LogP contribution in [0.5, 0.6) is 5.75 Å². The fraction of sp³-hybridized carbons (Fsp3) is 0.417. The Balaban J connectivity index is 1.67. The van der Waals surface area contributed by atoms with Gasteiger partial charge in [0.15, 0.2) is 6.61 Å². The van der Waals surface area contributed by atoms with Gasteiger partial charge in [0.05, 0.1) is 15.8 Å². The predicted molar refractivity (Wildman–Crippen MR) is 133 cm³/mol. The summed E-state index contributed by atoms with van der Waals surface area (Å²) >= 11 is 9.71. The van der Waals surface area contributed by atoms with Gasteiger partial charge in [-0.2, -0.15) is 0 Å². The monoisotopic (exact) mass is 521 g/mol. The third-order valence-corrected chi connectivity index (χ3v) is 6.20. The van der Waals surface area contributed by atoms with E-state index in [4.69, 9.17) is 16.3 Å². The Morgan fingerprint density at radius 1 is 1.12 bits per heavy atom. The molecule has 32 heavy (non-hydrogen) atoms. The van der Waals surface area contributed by atoms with Crippen molar-refractivity contribution in [3.63, 3.8) is 0 Å². The number of ether oxygens (including phenoxy) is 1. The lowest BCUT2D eigenvalue weighted by Crippen LogP contribution is -2.50. The van der Waals surface area contributed by atoms with Gasteiger partial charge in [0.25, 0.3) is 5.91 Å². The number of nitrogens with zero attached hydrogens (tertiary/aromatic N) is 2. The number of carbonyl (C=O) groups is 2. The highest BCUT2D eigenvalue weighted by Gasteiger charge is 2.24. The van der Waals surface area contributed by atoms with Crippen molar-refractivity contribution in [2.75, 3.05) is 43.0 Å². The quantitative estimate of drug-likeness (QED) is 0.577. The van der Waals surface area contributed by atoms with Crippen molar-refractivity contribution in [3.05, 3.63) is 51.0 Å². The topological polar surface area (TPSA) is 61.9 Å². The van der Waals surface area contributed by atoms with Crippen LogP contribution in [0, 0.1) is 19.8 Å². The number of hydrogen-bond acceptors (Lipinski definition) is 4. The minimum absolute atomic E-state index is 0.0101. The minimum Gasteiger partial charge on any atom is -0.482 e. The molecule has 3 rings (SSSR count). The molecule has 6 nitrogen and oxygen atoms in total. The molecule has 2 amide bonds. The molecule has 1 aliphatic rings. The summed E-state index contributed by atoms with van der Waals surface area (Å²) in [6.45, 7) is 10.3. The van der Waals surface area contributed by atoms with Crippen LogP contribution in [-0.2, 0) is 9.59 Å². The first-order chi connectivity index (χ1) is 15.2. The van der Waals surface area contributed by atoms with Gasteiger partial charge < -0.3 is 19.9 Å². The first-order valence-electron chi connectivity index (χ1n) is 10.7. The summed E-state index contributed by atoms with van der Waals surface area (Å²) in [5, 5.41) is 3.47. The van der Waals surface area contributed by atoms with Crippen LogP contribution in [0.4, 0.5) is 11.4 Å². The summed E-state index contributed by atoms with van der Waals surface area (Å²) < 4.78 is 6.60. The molecular weight excluding hydrogens is 494 g/mol. The van der Waals surface area contributed by atoms with E-state index in [1.807, 2.05) is 56.9 Å². The molecule has 0 aromatic heterocycles. The van der Waals surface area contributed by atoms with Crippen molar-refractivity contribution in [2.24, 2.45) is 5.92 Å². The fourth-order valence-electron chi connectivity index (χ4n) is 3.83. The average molecular weight is 523 g/mol. The van der Waals surface area contributed by atoms with Crippen LogP contribution in [0.3, 0.4) is 0 Å². The number of halogens is 2. The zero-order valence-corrected chi connectivity index (χ0v) is 21.2. The standard InChI is InChI=1S/C24H29BrClN3O3/c1-15(2)24(31)29-9-7-28(8-10-29)21-6-5-18(26)13-20(21)27-22(30)14-32-23-17(4)11-16(3)12-19(23)25/h5-6,11-13,15H,7-10,14H2,1-4H3,(H,27,30). The molecule has 0 unspecified atom stereocenters. The minimum atomic E-state index is -0.269. The van der Waals surface area contributed by atoms with E-state index in [1.54, 1.807) is 6.07 Å². The van der Waals surface area contributed by atoms with E-state index in [2.05, 4.69) is 26.1 Å². The lowest BCUT2D eigenvalue weighted by Gasteiger charge is -2.37. The van der Waals surface area contributed by atoms with E-state index in [1.165, 1.54) is 0 Å². The second-order valence-corrected chi connectivity index (χ2v) is 9.65. The van der Waals surface area contributed by atoms with Crippen LogP contribution in [0.25, 0.3) is 0 Å². The highest BCUT2D eigenvalue weighted by Crippen LogP contribution is 2.32. The van der Waals surface area contributed by atoms with Crippen molar-refractivity contribution < 1.29 is 14.3 Å². The third-order valence-electron chi connectivity index (χ3n) is 5.38. The van der Waals surface area contributed by atoms with Crippen LogP contribution in [0.15, 0.2) is 34.8 Å². The highest BCUT2D eigenvalue weighted by molar-refractivity contribution is 9.10. The maximum Gasteiger partial charge on any atom is 0.262 e. The van der Waals surface area contributed by atoms with Crippen LogP contribution >= 0.6 is 27.5 Å². The molecular formula is C24H29BrClN3O3. The van der Waals surface area contributed by atoms with Gasteiger partial charge in [0.2, 0.25) is 5.91 Å². The molecule has 0 spiro atoms. The van der Waals surface area contributed by atoms with E-state index in [0.717, 1.165) is 21.3 Å². The van der Waals surface area contributed by atoms with Crippen LogP contribution in [0.1, 0.15) is 25.0 Å². The molecule has 0 atom stereocenters. The molecule has 1 N–H and O–H groups in total.